The number of halogens is 1. The highest BCUT2D eigenvalue weighted by molar-refractivity contribution is 14.1. The minimum Gasteiger partial charge on any atom is -0.143 e. The number of benzene rings is 1. The summed E-state index contributed by atoms with van der Waals surface area (Å²) in [6.45, 7) is 0. The van der Waals surface area contributed by atoms with Crippen LogP contribution in [-0.2, 0) is 0 Å². The molecule has 0 spiro atoms. The Balaban J connectivity index is 2.87. The lowest BCUT2D eigenvalue weighted by molar-refractivity contribution is 1.43. The van der Waals surface area contributed by atoms with E-state index >= 15 is 0 Å². The predicted octanol–water partition coefficient (Wildman–Crippen LogP) is 4.52. The van der Waals surface area contributed by atoms with E-state index in [1.165, 1.54) is 18.6 Å². The Morgan fingerprint density at radius 2 is 2.31 bits per heavy atom. The molecule has 4 heteroatoms. The van der Waals surface area contributed by atoms with Crippen molar-refractivity contribution in [2.45, 2.75) is 9.79 Å². The lowest BCUT2D eigenvalue weighted by Gasteiger charge is -2.03. The fourth-order valence-electron chi connectivity index (χ4n) is 1.23. The molecular formula is C9H7IS3. The average Bonchev–Trinajstić information content (AvgIpc) is 2.60. The number of thiol groups is 1. The van der Waals surface area contributed by atoms with Gasteiger partial charge in [-0.3, -0.25) is 0 Å². The van der Waals surface area contributed by atoms with E-state index in [0.717, 1.165) is 4.90 Å². The zero-order valence-corrected chi connectivity index (χ0v) is 11.6. The molecule has 0 bridgehead atoms. The first-order chi connectivity index (χ1) is 6.24. The molecule has 0 atom stereocenters. The summed E-state index contributed by atoms with van der Waals surface area (Å²) in [5, 5.41) is 3.46. The maximum atomic E-state index is 4.51. The van der Waals surface area contributed by atoms with Gasteiger partial charge in [0.25, 0.3) is 0 Å². The van der Waals surface area contributed by atoms with Crippen molar-refractivity contribution >= 4 is 68.4 Å². The molecule has 0 N–H and O–H groups in total. The first kappa shape index (κ1) is 10.1. The van der Waals surface area contributed by atoms with Crippen LogP contribution in [0.3, 0.4) is 0 Å². The summed E-state index contributed by atoms with van der Waals surface area (Å²) in [5.74, 6) is 0. The van der Waals surface area contributed by atoms with Gasteiger partial charge in [-0.2, -0.15) is 0 Å². The number of hydrogen-bond donors (Lipinski definition) is 1. The van der Waals surface area contributed by atoms with Crippen LogP contribution in [-0.4, -0.2) is 6.26 Å². The van der Waals surface area contributed by atoms with Gasteiger partial charge in [0, 0.05) is 23.4 Å². The van der Waals surface area contributed by atoms with Gasteiger partial charge in [0.2, 0.25) is 0 Å². The molecule has 0 aliphatic rings. The predicted molar refractivity (Wildman–Crippen MR) is 73.6 cm³/mol. The molecule has 13 heavy (non-hydrogen) atoms. The molecule has 2 aromatic rings. The Morgan fingerprint density at radius 3 is 3.00 bits per heavy atom. The van der Waals surface area contributed by atoms with Gasteiger partial charge in [0.1, 0.15) is 0 Å². The molecular weight excluding hydrogens is 331 g/mol. The van der Waals surface area contributed by atoms with Crippen molar-refractivity contribution in [3.05, 3.63) is 21.1 Å². The molecule has 0 saturated heterocycles. The van der Waals surface area contributed by atoms with Gasteiger partial charge in [0.15, 0.2) is 0 Å². The average molecular weight is 338 g/mol. The number of thiophene rings is 1. The molecule has 68 valence electrons. The van der Waals surface area contributed by atoms with Crippen molar-refractivity contribution in [3.63, 3.8) is 0 Å². The molecule has 0 radical (unpaired) electrons. The summed E-state index contributed by atoms with van der Waals surface area (Å²) in [4.78, 5) is 2.46. The normalized spacial score (nSPS) is 11.0. The van der Waals surface area contributed by atoms with Crippen molar-refractivity contribution in [2.24, 2.45) is 0 Å². The summed E-state index contributed by atoms with van der Waals surface area (Å²) in [6, 6.07) is 4.37. The molecule has 1 heterocycles. The van der Waals surface area contributed by atoms with Gasteiger partial charge in [-0.15, -0.1) is 35.7 Å². The van der Waals surface area contributed by atoms with E-state index in [9.17, 15) is 0 Å². The zero-order valence-electron chi connectivity index (χ0n) is 6.87. The summed E-state index contributed by atoms with van der Waals surface area (Å²) in [5.41, 5.74) is 0. The Bertz CT molecular complexity index is 447. The second kappa shape index (κ2) is 4.00. The Kier molecular flexibility index (Phi) is 3.12. The summed E-state index contributed by atoms with van der Waals surface area (Å²) < 4.78 is 2.54. The second-order valence-corrected chi connectivity index (χ2v) is 5.95. The van der Waals surface area contributed by atoms with Crippen molar-refractivity contribution in [2.75, 3.05) is 6.26 Å². The van der Waals surface area contributed by atoms with Crippen LogP contribution in [0.4, 0.5) is 0 Å². The number of thioether (sulfide) groups is 1. The Hall–Kier alpha value is 0.610. The van der Waals surface area contributed by atoms with E-state index in [0.29, 0.717) is 0 Å². The quantitative estimate of drug-likeness (QED) is 0.453. The van der Waals surface area contributed by atoms with E-state index in [2.05, 4.69) is 59.0 Å². The topological polar surface area (TPSA) is 0 Å². The van der Waals surface area contributed by atoms with E-state index in [1.54, 1.807) is 23.1 Å². The number of fused-ring (bicyclic) bond motifs is 1. The lowest BCUT2D eigenvalue weighted by Crippen LogP contribution is -1.79. The fraction of sp³-hybridized carbons (Fsp3) is 0.111. The molecule has 1 aromatic heterocycles. The van der Waals surface area contributed by atoms with Crippen LogP contribution in [0.1, 0.15) is 0 Å². The fourth-order valence-corrected chi connectivity index (χ4v) is 4.10. The maximum Gasteiger partial charge on any atom is 0.0498 e. The van der Waals surface area contributed by atoms with Crippen LogP contribution in [0.25, 0.3) is 10.1 Å². The van der Waals surface area contributed by atoms with Gasteiger partial charge >= 0.3 is 0 Å². The SMILES string of the molecule is CSc1cc(I)c(S)c2sccc12. The summed E-state index contributed by atoms with van der Waals surface area (Å²) in [7, 11) is 0. The molecule has 1 aromatic carbocycles. The Labute approximate surface area is 105 Å². The molecule has 0 unspecified atom stereocenters. The smallest absolute Gasteiger partial charge is 0.0498 e. The van der Waals surface area contributed by atoms with Crippen molar-refractivity contribution in [3.8, 4) is 0 Å². The monoisotopic (exact) mass is 338 g/mol. The number of hydrogen-bond acceptors (Lipinski definition) is 3. The van der Waals surface area contributed by atoms with Gasteiger partial charge in [-0.1, -0.05) is 0 Å². The highest BCUT2D eigenvalue weighted by atomic mass is 127. The van der Waals surface area contributed by atoms with Gasteiger partial charge < -0.3 is 0 Å². The van der Waals surface area contributed by atoms with Crippen LogP contribution in [0.15, 0.2) is 27.3 Å². The minimum atomic E-state index is 1.11. The van der Waals surface area contributed by atoms with Gasteiger partial charge in [0.05, 0.1) is 0 Å². The van der Waals surface area contributed by atoms with E-state index in [4.69, 9.17) is 0 Å². The van der Waals surface area contributed by atoms with Crippen molar-refractivity contribution in [1.29, 1.82) is 0 Å². The maximum absolute atomic E-state index is 4.51. The van der Waals surface area contributed by atoms with E-state index in [1.807, 2.05) is 0 Å². The first-order valence-electron chi connectivity index (χ1n) is 3.66. The minimum absolute atomic E-state index is 1.11. The largest absolute Gasteiger partial charge is 0.143 e. The highest BCUT2D eigenvalue weighted by Crippen LogP contribution is 2.37. The third kappa shape index (κ3) is 1.73. The van der Waals surface area contributed by atoms with Crippen molar-refractivity contribution < 1.29 is 0 Å². The van der Waals surface area contributed by atoms with Crippen molar-refractivity contribution in [1.82, 2.24) is 0 Å². The standard InChI is InChI=1S/C9H7IS3/c1-12-7-4-6(10)8(11)9-5(7)2-3-13-9/h2-4,11H,1H3. The first-order valence-corrected chi connectivity index (χ1v) is 7.29. The van der Waals surface area contributed by atoms with Crippen LogP contribution >= 0.6 is 58.3 Å². The number of rotatable bonds is 1. The molecule has 0 aliphatic carbocycles. The summed E-state index contributed by atoms with van der Waals surface area (Å²) in [6.07, 6.45) is 2.11. The third-order valence-corrected chi connectivity index (χ3v) is 5.45. The Morgan fingerprint density at radius 1 is 1.54 bits per heavy atom. The van der Waals surface area contributed by atoms with E-state index < -0.39 is 0 Å². The van der Waals surface area contributed by atoms with Crippen LogP contribution in [0.5, 0.6) is 0 Å². The van der Waals surface area contributed by atoms with Crippen LogP contribution < -0.4 is 0 Å². The summed E-state index contributed by atoms with van der Waals surface area (Å²) >= 11 is 10.4. The lowest BCUT2D eigenvalue weighted by atomic mass is 10.3. The molecule has 0 saturated carbocycles. The second-order valence-electron chi connectivity index (χ2n) is 2.57. The molecule has 0 aliphatic heterocycles. The highest BCUT2D eigenvalue weighted by Gasteiger charge is 2.08. The third-order valence-electron chi connectivity index (χ3n) is 1.85. The van der Waals surface area contributed by atoms with E-state index in [-0.39, 0.29) is 0 Å². The van der Waals surface area contributed by atoms with Crippen LogP contribution in [0, 0.1) is 3.57 Å². The van der Waals surface area contributed by atoms with Crippen LogP contribution in [0.2, 0.25) is 0 Å². The van der Waals surface area contributed by atoms with Gasteiger partial charge in [-0.25, -0.2) is 0 Å². The molecule has 2 rings (SSSR count). The van der Waals surface area contributed by atoms with Gasteiger partial charge in [-0.05, 0) is 46.4 Å². The molecule has 0 fully saturated rings. The zero-order chi connectivity index (χ0) is 9.42. The molecule has 0 amide bonds. The molecule has 0 nitrogen and oxygen atoms in total.